The predicted molar refractivity (Wildman–Crippen MR) is 41.8 cm³/mol. The molecule has 0 aromatic carbocycles. The van der Waals surface area contributed by atoms with E-state index in [1.165, 1.54) is 19.3 Å². The number of carbonyl (C=O) groups is 1. The maximum atomic E-state index is 10.7. The van der Waals surface area contributed by atoms with Crippen LogP contribution in [-0.4, -0.2) is 5.78 Å². The maximum Gasteiger partial charge on any atom is 0.155 e. The lowest BCUT2D eigenvalue weighted by Gasteiger charge is -2.02. The number of rotatable bonds is 3. The van der Waals surface area contributed by atoms with Gasteiger partial charge in [0.05, 0.1) is 0 Å². The molecular formula is C9H14O. The van der Waals surface area contributed by atoms with Crippen LogP contribution in [0.4, 0.5) is 0 Å². The highest BCUT2D eigenvalue weighted by molar-refractivity contribution is 5.92. The molecule has 0 aliphatic heterocycles. The molecule has 0 N–H and O–H groups in total. The molecule has 1 nitrogen and oxygen atoms in total. The first kappa shape index (κ1) is 7.52. The van der Waals surface area contributed by atoms with Crippen molar-refractivity contribution in [3.05, 3.63) is 12.2 Å². The van der Waals surface area contributed by atoms with Crippen molar-refractivity contribution >= 4 is 5.78 Å². The van der Waals surface area contributed by atoms with Crippen LogP contribution in [0.15, 0.2) is 12.2 Å². The Balaban J connectivity index is 2.20. The summed E-state index contributed by atoms with van der Waals surface area (Å²) in [5, 5.41) is 0. The highest BCUT2D eigenvalue weighted by atomic mass is 16.1. The van der Waals surface area contributed by atoms with Crippen LogP contribution in [-0.2, 0) is 4.79 Å². The van der Waals surface area contributed by atoms with E-state index in [-0.39, 0.29) is 0 Å². The molecule has 0 aromatic rings. The second-order valence-corrected chi connectivity index (χ2v) is 2.93. The van der Waals surface area contributed by atoms with Gasteiger partial charge in [0, 0.05) is 6.42 Å². The Morgan fingerprint density at radius 1 is 1.70 bits per heavy atom. The average molecular weight is 138 g/mol. The number of ketones is 1. The van der Waals surface area contributed by atoms with E-state index in [9.17, 15) is 4.79 Å². The highest BCUT2D eigenvalue weighted by Gasteiger charge is 2.14. The molecule has 1 aliphatic rings. The first-order valence-electron chi connectivity index (χ1n) is 4.04. The summed E-state index contributed by atoms with van der Waals surface area (Å²) < 4.78 is 0. The number of unbranched alkanes of at least 4 members (excludes halogenated alkanes) is 1. The summed E-state index contributed by atoms with van der Waals surface area (Å²) in [5.74, 6) is 0.869. The Bertz CT molecular complexity index is 147. The molecule has 0 radical (unpaired) electrons. The van der Waals surface area contributed by atoms with Crippen molar-refractivity contribution in [3.63, 3.8) is 0 Å². The lowest BCUT2D eigenvalue weighted by Crippen LogP contribution is -1.95. The third-order valence-electron chi connectivity index (χ3n) is 1.95. The van der Waals surface area contributed by atoms with Crippen molar-refractivity contribution in [2.75, 3.05) is 0 Å². The summed E-state index contributed by atoms with van der Waals surface area (Å²) in [6.07, 6.45) is 8.22. The first-order valence-corrected chi connectivity index (χ1v) is 4.04. The minimum atomic E-state index is 0.307. The Hall–Kier alpha value is -0.590. The van der Waals surface area contributed by atoms with Gasteiger partial charge in [-0.05, 0) is 18.4 Å². The number of carbonyl (C=O) groups excluding carboxylic acids is 1. The van der Waals surface area contributed by atoms with Gasteiger partial charge in [-0.2, -0.15) is 0 Å². The van der Waals surface area contributed by atoms with E-state index in [1.54, 1.807) is 6.08 Å². The Labute approximate surface area is 62.1 Å². The predicted octanol–water partition coefficient (Wildman–Crippen LogP) is 2.32. The second kappa shape index (κ2) is 3.55. The standard InChI is InChI=1S/C9H14O/c1-2-3-4-8-5-6-9(10)7-8/h5-6,8H,2-4,7H2,1H3. The first-order chi connectivity index (χ1) is 4.83. The highest BCUT2D eigenvalue weighted by Crippen LogP contribution is 2.19. The number of hydrogen-bond donors (Lipinski definition) is 0. The van der Waals surface area contributed by atoms with Crippen LogP contribution in [0.5, 0.6) is 0 Å². The van der Waals surface area contributed by atoms with Crippen LogP contribution in [0.2, 0.25) is 0 Å². The Kier molecular flexibility index (Phi) is 2.67. The van der Waals surface area contributed by atoms with Gasteiger partial charge in [0.2, 0.25) is 0 Å². The molecule has 0 fully saturated rings. The van der Waals surface area contributed by atoms with Gasteiger partial charge in [-0.1, -0.05) is 25.8 Å². The lowest BCUT2D eigenvalue weighted by atomic mass is 10.0. The lowest BCUT2D eigenvalue weighted by molar-refractivity contribution is -0.114. The quantitative estimate of drug-likeness (QED) is 0.585. The second-order valence-electron chi connectivity index (χ2n) is 2.93. The van der Waals surface area contributed by atoms with E-state index < -0.39 is 0 Å². The van der Waals surface area contributed by atoms with E-state index in [4.69, 9.17) is 0 Å². The topological polar surface area (TPSA) is 17.1 Å². The molecule has 0 spiro atoms. The molecular weight excluding hydrogens is 124 g/mol. The molecule has 1 rings (SSSR count). The van der Waals surface area contributed by atoms with Gasteiger partial charge in [0.1, 0.15) is 0 Å². The van der Waals surface area contributed by atoms with E-state index in [2.05, 4.69) is 13.0 Å². The zero-order valence-electron chi connectivity index (χ0n) is 6.47. The summed E-state index contributed by atoms with van der Waals surface area (Å²) in [6, 6.07) is 0. The fourth-order valence-corrected chi connectivity index (χ4v) is 1.30. The average Bonchev–Trinajstić information content (AvgIpc) is 2.31. The SMILES string of the molecule is CCCCC1C=CC(=O)C1. The molecule has 10 heavy (non-hydrogen) atoms. The normalized spacial score (nSPS) is 24.1. The molecule has 0 aromatic heterocycles. The summed E-state index contributed by atoms with van der Waals surface area (Å²) in [7, 11) is 0. The minimum Gasteiger partial charge on any atom is -0.295 e. The zero-order valence-corrected chi connectivity index (χ0v) is 6.47. The fourth-order valence-electron chi connectivity index (χ4n) is 1.30. The van der Waals surface area contributed by atoms with E-state index in [0.29, 0.717) is 11.7 Å². The molecule has 0 heterocycles. The van der Waals surface area contributed by atoms with Crippen LogP contribution in [0.1, 0.15) is 32.6 Å². The third-order valence-corrected chi connectivity index (χ3v) is 1.95. The molecule has 1 heteroatoms. The van der Waals surface area contributed by atoms with E-state index >= 15 is 0 Å². The molecule has 0 saturated carbocycles. The van der Waals surface area contributed by atoms with Crippen molar-refractivity contribution in [2.45, 2.75) is 32.6 Å². The zero-order chi connectivity index (χ0) is 7.40. The maximum absolute atomic E-state index is 10.7. The molecule has 0 amide bonds. The molecule has 56 valence electrons. The fraction of sp³-hybridized carbons (Fsp3) is 0.667. The van der Waals surface area contributed by atoms with E-state index in [0.717, 1.165) is 6.42 Å². The van der Waals surface area contributed by atoms with Crippen LogP contribution < -0.4 is 0 Å². The largest absolute Gasteiger partial charge is 0.295 e. The molecule has 0 bridgehead atoms. The van der Waals surface area contributed by atoms with Gasteiger partial charge in [0.15, 0.2) is 5.78 Å². The van der Waals surface area contributed by atoms with Crippen molar-refractivity contribution in [1.82, 2.24) is 0 Å². The van der Waals surface area contributed by atoms with Gasteiger partial charge in [0.25, 0.3) is 0 Å². The van der Waals surface area contributed by atoms with Crippen LogP contribution >= 0.6 is 0 Å². The summed E-state index contributed by atoms with van der Waals surface area (Å²) >= 11 is 0. The Morgan fingerprint density at radius 2 is 2.50 bits per heavy atom. The molecule has 1 unspecified atom stereocenters. The number of allylic oxidation sites excluding steroid dienone is 2. The van der Waals surface area contributed by atoms with Crippen LogP contribution in [0.3, 0.4) is 0 Å². The van der Waals surface area contributed by atoms with E-state index in [1.807, 2.05) is 0 Å². The minimum absolute atomic E-state index is 0.307. The van der Waals surface area contributed by atoms with Crippen LogP contribution in [0, 0.1) is 5.92 Å². The van der Waals surface area contributed by atoms with Gasteiger partial charge < -0.3 is 0 Å². The third kappa shape index (κ3) is 1.98. The van der Waals surface area contributed by atoms with Crippen molar-refractivity contribution < 1.29 is 4.79 Å². The summed E-state index contributed by atoms with van der Waals surface area (Å²) in [5.41, 5.74) is 0. The molecule has 1 aliphatic carbocycles. The Morgan fingerprint density at radius 3 is 3.00 bits per heavy atom. The smallest absolute Gasteiger partial charge is 0.155 e. The van der Waals surface area contributed by atoms with Crippen molar-refractivity contribution in [2.24, 2.45) is 5.92 Å². The molecule has 1 atom stereocenters. The summed E-state index contributed by atoms with van der Waals surface area (Å²) in [6.45, 7) is 2.18. The van der Waals surface area contributed by atoms with Crippen LogP contribution in [0.25, 0.3) is 0 Å². The molecule has 0 saturated heterocycles. The van der Waals surface area contributed by atoms with Gasteiger partial charge in [-0.15, -0.1) is 0 Å². The van der Waals surface area contributed by atoms with Gasteiger partial charge >= 0.3 is 0 Å². The van der Waals surface area contributed by atoms with Crippen molar-refractivity contribution in [3.8, 4) is 0 Å². The van der Waals surface area contributed by atoms with Crippen molar-refractivity contribution in [1.29, 1.82) is 0 Å². The number of hydrogen-bond acceptors (Lipinski definition) is 1. The monoisotopic (exact) mass is 138 g/mol. The van der Waals surface area contributed by atoms with Gasteiger partial charge in [-0.25, -0.2) is 0 Å². The van der Waals surface area contributed by atoms with Gasteiger partial charge in [-0.3, -0.25) is 4.79 Å². The summed E-state index contributed by atoms with van der Waals surface area (Å²) in [4.78, 5) is 10.7.